The number of hydrogen-bond acceptors (Lipinski definition) is 5. The van der Waals surface area contributed by atoms with Gasteiger partial charge in [0.25, 0.3) is 5.91 Å². The molecule has 1 aromatic carbocycles. The maximum atomic E-state index is 13.2. The van der Waals surface area contributed by atoms with Crippen molar-refractivity contribution in [3.63, 3.8) is 0 Å². The fourth-order valence-corrected chi connectivity index (χ4v) is 4.03. The topological polar surface area (TPSA) is 45.2 Å². The van der Waals surface area contributed by atoms with Gasteiger partial charge in [0.2, 0.25) is 0 Å². The number of allylic oxidation sites excluding steroid dienone is 6. The SMILES string of the molecule is CCN1CCN(C2=CN3C(=O)/C=C(c4ccc(OC)c(OC)c4)\C=C\C=C3C=C2)CC1. The molecular formula is C25H29N3O3. The second-order valence-corrected chi connectivity index (χ2v) is 7.64. The maximum Gasteiger partial charge on any atom is 0.255 e. The van der Waals surface area contributed by atoms with Crippen LogP contribution >= 0.6 is 0 Å². The lowest BCUT2D eigenvalue weighted by Gasteiger charge is -2.37. The lowest BCUT2D eigenvalue weighted by molar-refractivity contribution is -0.122. The average molecular weight is 420 g/mol. The van der Waals surface area contributed by atoms with Crippen LogP contribution in [0.15, 0.2) is 72.2 Å². The number of carbonyl (C=O) groups is 1. The molecule has 0 atom stereocenters. The first-order valence-electron chi connectivity index (χ1n) is 10.7. The summed E-state index contributed by atoms with van der Waals surface area (Å²) in [6.45, 7) is 7.31. The number of carbonyl (C=O) groups excluding carboxylic acids is 1. The zero-order valence-electron chi connectivity index (χ0n) is 18.4. The van der Waals surface area contributed by atoms with Gasteiger partial charge in [-0.25, -0.2) is 0 Å². The monoisotopic (exact) mass is 419 g/mol. The summed E-state index contributed by atoms with van der Waals surface area (Å²) >= 11 is 0. The van der Waals surface area contributed by atoms with E-state index in [0.29, 0.717) is 11.5 Å². The molecule has 31 heavy (non-hydrogen) atoms. The van der Waals surface area contributed by atoms with Crippen LogP contribution in [0, 0.1) is 0 Å². The first kappa shape index (κ1) is 21.0. The van der Waals surface area contributed by atoms with E-state index in [-0.39, 0.29) is 5.91 Å². The molecule has 0 spiro atoms. The number of amides is 1. The van der Waals surface area contributed by atoms with Gasteiger partial charge >= 0.3 is 0 Å². The lowest BCUT2D eigenvalue weighted by Crippen LogP contribution is -2.46. The lowest BCUT2D eigenvalue weighted by atomic mass is 10.0. The fourth-order valence-electron chi connectivity index (χ4n) is 4.03. The minimum absolute atomic E-state index is 0.0746. The molecule has 0 aliphatic carbocycles. The molecular weight excluding hydrogens is 390 g/mol. The second kappa shape index (κ2) is 9.27. The molecule has 6 heteroatoms. The van der Waals surface area contributed by atoms with Gasteiger partial charge in [0, 0.05) is 44.2 Å². The molecule has 1 aromatic rings. The van der Waals surface area contributed by atoms with Crippen LogP contribution in [0.3, 0.4) is 0 Å². The van der Waals surface area contributed by atoms with Crippen molar-refractivity contribution in [1.29, 1.82) is 0 Å². The third-order valence-electron chi connectivity index (χ3n) is 5.93. The van der Waals surface area contributed by atoms with Crippen LogP contribution in [-0.2, 0) is 4.79 Å². The maximum absolute atomic E-state index is 13.2. The molecule has 1 saturated heterocycles. The van der Waals surface area contributed by atoms with E-state index in [4.69, 9.17) is 9.47 Å². The quantitative estimate of drug-likeness (QED) is 0.732. The summed E-state index contributed by atoms with van der Waals surface area (Å²) in [5.74, 6) is 1.22. The molecule has 3 aliphatic rings. The van der Waals surface area contributed by atoms with E-state index >= 15 is 0 Å². The molecule has 1 fully saturated rings. The summed E-state index contributed by atoms with van der Waals surface area (Å²) in [4.78, 5) is 19.7. The highest BCUT2D eigenvalue weighted by Gasteiger charge is 2.23. The average Bonchev–Trinajstić information content (AvgIpc) is 2.81. The van der Waals surface area contributed by atoms with Crippen LogP contribution in [0.1, 0.15) is 12.5 Å². The zero-order chi connectivity index (χ0) is 21.8. The van der Waals surface area contributed by atoms with E-state index in [9.17, 15) is 4.79 Å². The molecule has 162 valence electrons. The highest BCUT2D eigenvalue weighted by molar-refractivity contribution is 6.00. The Balaban J connectivity index is 1.60. The normalized spacial score (nSPS) is 21.9. The smallest absolute Gasteiger partial charge is 0.255 e. The van der Waals surface area contributed by atoms with Gasteiger partial charge in [-0.3, -0.25) is 9.69 Å². The van der Waals surface area contributed by atoms with E-state index in [0.717, 1.165) is 55.3 Å². The Morgan fingerprint density at radius 3 is 2.39 bits per heavy atom. The van der Waals surface area contributed by atoms with Crippen LogP contribution in [0.25, 0.3) is 5.57 Å². The van der Waals surface area contributed by atoms with Crippen molar-refractivity contribution in [3.05, 3.63) is 77.8 Å². The van der Waals surface area contributed by atoms with Gasteiger partial charge in [0.05, 0.1) is 19.9 Å². The molecule has 3 aliphatic heterocycles. The number of fused-ring (bicyclic) bond motifs is 1. The van der Waals surface area contributed by atoms with Crippen LogP contribution in [0.5, 0.6) is 11.5 Å². The fraction of sp³-hybridized carbons (Fsp3) is 0.320. The van der Waals surface area contributed by atoms with Crippen molar-refractivity contribution in [2.75, 3.05) is 46.9 Å². The number of piperazine rings is 1. The third-order valence-corrected chi connectivity index (χ3v) is 5.93. The van der Waals surface area contributed by atoms with Crippen molar-refractivity contribution in [1.82, 2.24) is 14.7 Å². The van der Waals surface area contributed by atoms with Gasteiger partial charge < -0.3 is 19.3 Å². The van der Waals surface area contributed by atoms with Crippen molar-refractivity contribution < 1.29 is 14.3 Å². The van der Waals surface area contributed by atoms with Gasteiger partial charge in [-0.05, 0) is 48.0 Å². The van der Waals surface area contributed by atoms with Gasteiger partial charge in [0.1, 0.15) is 0 Å². The summed E-state index contributed by atoms with van der Waals surface area (Å²) < 4.78 is 10.8. The first-order valence-corrected chi connectivity index (χ1v) is 10.7. The Bertz CT molecular complexity index is 995. The number of methoxy groups -OCH3 is 2. The molecule has 3 heterocycles. The molecule has 6 nitrogen and oxygen atoms in total. The third kappa shape index (κ3) is 4.44. The molecule has 0 bridgehead atoms. The Morgan fingerprint density at radius 2 is 1.68 bits per heavy atom. The van der Waals surface area contributed by atoms with Gasteiger partial charge in [-0.2, -0.15) is 0 Å². The van der Waals surface area contributed by atoms with Crippen LogP contribution < -0.4 is 9.47 Å². The van der Waals surface area contributed by atoms with Crippen LogP contribution in [-0.4, -0.2) is 67.6 Å². The van der Waals surface area contributed by atoms with Gasteiger partial charge in [-0.15, -0.1) is 0 Å². The molecule has 4 rings (SSSR count). The molecule has 1 amide bonds. The first-order chi connectivity index (χ1) is 15.1. The van der Waals surface area contributed by atoms with E-state index in [1.165, 1.54) is 0 Å². The van der Waals surface area contributed by atoms with E-state index in [1.54, 1.807) is 25.2 Å². The number of likely N-dealkylation sites (N-methyl/N-ethyl adjacent to an activating group) is 1. The number of nitrogens with zero attached hydrogens (tertiary/aromatic N) is 3. The summed E-state index contributed by atoms with van der Waals surface area (Å²) in [6, 6.07) is 5.67. The second-order valence-electron chi connectivity index (χ2n) is 7.64. The van der Waals surface area contributed by atoms with E-state index in [2.05, 4.69) is 22.8 Å². The Hall–Kier alpha value is -3.25. The van der Waals surface area contributed by atoms with Gasteiger partial charge in [-0.1, -0.05) is 25.1 Å². The number of benzene rings is 1. The molecule has 0 aromatic heterocycles. The highest BCUT2D eigenvalue weighted by Crippen LogP contribution is 2.32. The summed E-state index contributed by atoms with van der Waals surface area (Å²) in [6.07, 6.45) is 13.6. The number of hydrogen-bond donors (Lipinski definition) is 0. The Kier molecular flexibility index (Phi) is 6.28. The number of rotatable bonds is 5. The summed E-state index contributed by atoms with van der Waals surface area (Å²) in [5.41, 5.74) is 3.65. The minimum atomic E-state index is -0.0746. The van der Waals surface area contributed by atoms with Crippen molar-refractivity contribution >= 4 is 11.5 Å². The van der Waals surface area contributed by atoms with E-state index in [1.807, 2.05) is 48.7 Å². The minimum Gasteiger partial charge on any atom is -0.493 e. The Labute approximate surface area is 184 Å². The van der Waals surface area contributed by atoms with Crippen LogP contribution in [0.4, 0.5) is 0 Å². The van der Waals surface area contributed by atoms with Crippen molar-refractivity contribution in [2.24, 2.45) is 0 Å². The standard InChI is InChI=1S/C25H29N3O3/c1-4-26-12-14-27(15-13-26)22-10-9-21-7-5-6-19(17-25(29)28(21)18-22)20-8-11-23(30-2)24(16-20)31-3/h5-11,16-18H,4,12-15H2,1-3H3/b6-5+,19-17+,21-7?. The molecule has 0 N–H and O–H groups in total. The summed E-state index contributed by atoms with van der Waals surface area (Å²) in [5, 5.41) is 0. The van der Waals surface area contributed by atoms with Crippen molar-refractivity contribution in [3.8, 4) is 11.5 Å². The summed E-state index contributed by atoms with van der Waals surface area (Å²) in [7, 11) is 3.22. The van der Waals surface area contributed by atoms with Gasteiger partial charge in [0.15, 0.2) is 11.5 Å². The predicted octanol–water partition coefficient (Wildman–Crippen LogP) is 3.42. The predicted molar refractivity (Wildman–Crippen MR) is 123 cm³/mol. The molecule has 0 unspecified atom stereocenters. The largest absolute Gasteiger partial charge is 0.493 e. The molecule has 0 radical (unpaired) electrons. The van der Waals surface area contributed by atoms with E-state index < -0.39 is 0 Å². The Morgan fingerprint density at radius 1 is 0.935 bits per heavy atom. The van der Waals surface area contributed by atoms with Crippen LogP contribution in [0.2, 0.25) is 0 Å². The molecule has 0 saturated carbocycles. The van der Waals surface area contributed by atoms with Crippen molar-refractivity contribution in [2.45, 2.75) is 6.92 Å². The number of ether oxygens (including phenoxy) is 2. The highest BCUT2D eigenvalue weighted by atomic mass is 16.5. The zero-order valence-corrected chi connectivity index (χ0v) is 18.4.